The highest BCUT2D eigenvalue weighted by atomic mass is 32.1. The molecule has 22 heavy (non-hydrogen) atoms. The largest absolute Gasteiger partial charge is 0.343 e. The van der Waals surface area contributed by atoms with E-state index in [1.54, 1.807) is 0 Å². The van der Waals surface area contributed by atoms with Crippen LogP contribution in [-0.4, -0.2) is 34.8 Å². The van der Waals surface area contributed by atoms with E-state index in [4.69, 9.17) is 0 Å². The number of amides is 2. The molecule has 2 amide bonds. The molecule has 1 fully saturated rings. The molecule has 3 rings (SSSR count). The lowest BCUT2D eigenvalue weighted by Gasteiger charge is -2.31. The summed E-state index contributed by atoms with van der Waals surface area (Å²) >= 11 is 1.49. The van der Waals surface area contributed by atoms with E-state index < -0.39 is 0 Å². The van der Waals surface area contributed by atoms with E-state index in [9.17, 15) is 9.59 Å². The summed E-state index contributed by atoms with van der Waals surface area (Å²) in [7, 11) is 0. The monoisotopic (exact) mass is 317 g/mol. The molecule has 5 nitrogen and oxygen atoms in total. The fourth-order valence-electron chi connectivity index (χ4n) is 2.75. The maximum absolute atomic E-state index is 12.3. The average molecular weight is 317 g/mol. The molecule has 0 unspecified atom stereocenters. The van der Waals surface area contributed by atoms with Crippen molar-refractivity contribution in [3.63, 3.8) is 0 Å². The summed E-state index contributed by atoms with van der Waals surface area (Å²) in [6, 6.07) is 7.84. The molecule has 116 valence electrons. The molecule has 1 saturated heterocycles. The molecular formula is C16H19N3O2S. The Labute approximate surface area is 133 Å². The van der Waals surface area contributed by atoms with Crippen LogP contribution in [0.2, 0.25) is 0 Å². The average Bonchev–Trinajstić information content (AvgIpc) is 2.96. The molecule has 0 spiro atoms. The number of hydrogen-bond acceptors (Lipinski definition) is 4. The van der Waals surface area contributed by atoms with Crippen molar-refractivity contribution in [2.45, 2.75) is 26.2 Å². The van der Waals surface area contributed by atoms with Crippen LogP contribution in [-0.2, 0) is 9.59 Å². The third-order valence-electron chi connectivity index (χ3n) is 4.04. The minimum Gasteiger partial charge on any atom is -0.343 e. The van der Waals surface area contributed by atoms with E-state index in [2.05, 4.69) is 10.3 Å². The van der Waals surface area contributed by atoms with Crippen molar-refractivity contribution in [2.75, 3.05) is 18.4 Å². The topological polar surface area (TPSA) is 62.3 Å². The van der Waals surface area contributed by atoms with Crippen LogP contribution in [0.5, 0.6) is 0 Å². The van der Waals surface area contributed by atoms with Gasteiger partial charge >= 0.3 is 0 Å². The number of benzene rings is 1. The molecule has 0 aliphatic carbocycles. The van der Waals surface area contributed by atoms with E-state index in [1.165, 1.54) is 11.3 Å². The zero-order chi connectivity index (χ0) is 15.5. The van der Waals surface area contributed by atoms with Crippen LogP contribution in [0.4, 0.5) is 5.13 Å². The molecule has 6 heteroatoms. The van der Waals surface area contributed by atoms with Gasteiger partial charge in [-0.2, -0.15) is 0 Å². The van der Waals surface area contributed by atoms with Gasteiger partial charge in [0.1, 0.15) is 0 Å². The van der Waals surface area contributed by atoms with Gasteiger partial charge in [-0.05, 0) is 25.0 Å². The third-order valence-corrected chi connectivity index (χ3v) is 5.00. The summed E-state index contributed by atoms with van der Waals surface area (Å²) < 4.78 is 1.07. The zero-order valence-electron chi connectivity index (χ0n) is 12.5. The smallest absolute Gasteiger partial charge is 0.229 e. The van der Waals surface area contributed by atoms with Crippen LogP contribution in [0.15, 0.2) is 24.3 Å². The fraction of sp³-hybridized carbons (Fsp3) is 0.438. The first-order valence-corrected chi connectivity index (χ1v) is 8.43. The summed E-state index contributed by atoms with van der Waals surface area (Å²) in [4.78, 5) is 30.3. The second-order valence-electron chi connectivity index (χ2n) is 5.48. The molecule has 0 atom stereocenters. The van der Waals surface area contributed by atoms with Crippen molar-refractivity contribution >= 4 is 38.5 Å². The Balaban J connectivity index is 1.59. The first kappa shape index (κ1) is 15.0. The molecule has 0 radical (unpaired) electrons. The van der Waals surface area contributed by atoms with Gasteiger partial charge in [0.25, 0.3) is 0 Å². The highest BCUT2D eigenvalue weighted by molar-refractivity contribution is 7.22. The second kappa shape index (κ2) is 6.44. The molecule has 1 aromatic heterocycles. The van der Waals surface area contributed by atoms with Crippen LogP contribution < -0.4 is 5.32 Å². The van der Waals surface area contributed by atoms with Gasteiger partial charge in [0.2, 0.25) is 11.8 Å². The number of thiazole rings is 1. The lowest BCUT2D eigenvalue weighted by molar-refractivity contribution is -0.134. The number of hydrogen-bond donors (Lipinski definition) is 1. The van der Waals surface area contributed by atoms with Crippen molar-refractivity contribution in [2.24, 2.45) is 5.92 Å². The van der Waals surface area contributed by atoms with Crippen LogP contribution in [0.3, 0.4) is 0 Å². The summed E-state index contributed by atoms with van der Waals surface area (Å²) in [5, 5.41) is 3.58. The van der Waals surface area contributed by atoms with Crippen molar-refractivity contribution in [1.29, 1.82) is 0 Å². The van der Waals surface area contributed by atoms with Crippen molar-refractivity contribution < 1.29 is 9.59 Å². The van der Waals surface area contributed by atoms with E-state index >= 15 is 0 Å². The Bertz CT molecular complexity index is 657. The summed E-state index contributed by atoms with van der Waals surface area (Å²) in [6.45, 7) is 3.21. The van der Waals surface area contributed by atoms with Crippen molar-refractivity contribution in [3.8, 4) is 0 Å². The minimum atomic E-state index is -0.0343. The molecule has 2 heterocycles. The molecular weight excluding hydrogens is 298 g/mol. The number of para-hydroxylation sites is 1. The van der Waals surface area contributed by atoms with Crippen LogP contribution in [0, 0.1) is 5.92 Å². The number of carbonyl (C=O) groups is 2. The molecule has 1 N–H and O–H groups in total. The first-order valence-electron chi connectivity index (χ1n) is 7.61. The molecule has 1 aromatic carbocycles. The SMILES string of the molecule is CCC(=O)N1CCC(C(=O)Nc2nc3ccccc3s2)CC1. The number of rotatable bonds is 3. The van der Waals surface area contributed by atoms with Gasteiger partial charge in [0.05, 0.1) is 10.2 Å². The summed E-state index contributed by atoms with van der Waals surface area (Å²) in [5.74, 6) is 0.153. The van der Waals surface area contributed by atoms with Crippen LogP contribution in [0.1, 0.15) is 26.2 Å². The predicted octanol–water partition coefficient (Wildman–Crippen LogP) is 2.88. The molecule has 1 aliphatic heterocycles. The van der Waals surface area contributed by atoms with Gasteiger partial charge < -0.3 is 10.2 Å². The third kappa shape index (κ3) is 3.11. The van der Waals surface area contributed by atoms with Crippen molar-refractivity contribution in [3.05, 3.63) is 24.3 Å². The van der Waals surface area contributed by atoms with Gasteiger partial charge in [-0.25, -0.2) is 4.98 Å². The number of piperidine rings is 1. The summed E-state index contributed by atoms with van der Waals surface area (Å²) in [6.07, 6.45) is 1.98. The van der Waals surface area contributed by atoms with Gasteiger partial charge in [-0.3, -0.25) is 9.59 Å². The standard InChI is InChI=1S/C16H19N3O2S/c1-2-14(20)19-9-7-11(8-10-19)15(21)18-16-17-12-5-3-4-6-13(12)22-16/h3-6,11H,2,7-10H2,1H3,(H,17,18,21). The Morgan fingerprint density at radius 1 is 1.32 bits per heavy atom. The highest BCUT2D eigenvalue weighted by Crippen LogP contribution is 2.27. The van der Waals surface area contributed by atoms with Crippen molar-refractivity contribution in [1.82, 2.24) is 9.88 Å². The number of anilines is 1. The fourth-order valence-corrected chi connectivity index (χ4v) is 3.62. The van der Waals surface area contributed by atoms with E-state index in [0.29, 0.717) is 24.6 Å². The zero-order valence-corrected chi connectivity index (χ0v) is 13.4. The summed E-state index contributed by atoms with van der Waals surface area (Å²) in [5.41, 5.74) is 0.908. The highest BCUT2D eigenvalue weighted by Gasteiger charge is 2.27. The number of aromatic nitrogens is 1. The Hall–Kier alpha value is -1.95. The number of nitrogens with one attached hydrogen (secondary N) is 1. The predicted molar refractivity (Wildman–Crippen MR) is 87.8 cm³/mol. The van der Waals surface area contributed by atoms with E-state index in [0.717, 1.165) is 23.1 Å². The van der Waals surface area contributed by atoms with Gasteiger partial charge in [0, 0.05) is 25.4 Å². The Kier molecular flexibility index (Phi) is 4.38. The molecule has 1 aliphatic rings. The quantitative estimate of drug-likeness (QED) is 0.947. The van der Waals surface area contributed by atoms with Gasteiger partial charge in [0.15, 0.2) is 5.13 Å². The number of nitrogens with zero attached hydrogens (tertiary/aromatic N) is 2. The van der Waals surface area contributed by atoms with E-state index in [-0.39, 0.29) is 17.7 Å². The lowest BCUT2D eigenvalue weighted by atomic mass is 9.96. The van der Waals surface area contributed by atoms with Gasteiger partial charge in [-0.1, -0.05) is 30.4 Å². The molecule has 0 bridgehead atoms. The lowest BCUT2D eigenvalue weighted by Crippen LogP contribution is -2.41. The van der Waals surface area contributed by atoms with Crippen LogP contribution in [0.25, 0.3) is 10.2 Å². The van der Waals surface area contributed by atoms with E-state index in [1.807, 2.05) is 36.1 Å². The number of likely N-dealkylation sites (tertiary alicyclic amines) is 1. The number of fused-ring (bicyclic) bond motifs is 1. The Morgan fingerprint density at radius 3 is 2.73 bits per heavy atom. The maximum Gasteiger partial charge on any atom is 0.229 e. The maximum atomic E-state index is 12.3. The molecule has 2 aromatic rings. The first-order chi connectivity index (χ1) is 10.7. The Morgan fingerprint density at radius 2 is 2.05 bits per heavy atom. The molecule has 0 saturated carbocycles. The van der Waals surface area contributed by atoms with Gasteiger partial charge in [-0.15, -0.1) is 0 Å². The van der Waals surface area contributed by atoms with Crippen LogP contribution >= 0.6 is 11.3 Å². The number of carbonyl (C=O) groups excluding carboxylic acids is 2. The minimum absolute atomic E-state index is 0.0163. The second-order valence-corrected chi connectivity index (χ2v) is 6.52. The normalized spacial score (nSPS) is 16.0.